The summed E-state index contributed by atoms with van der Waals surface area (Å²) in [5, 5.41) is 0. The Bertz CT molecular complexity index is 395. The van der Waals surface area contributed by atoms with Gasteiger partial charge in [0.15, 0.2) is 0 Å². The molecule has 3 unspecified atom stereocenters. The molecule has 0 amide bonds. The van der Waals surface area contributed by atoms with Gasteiger partial charge in [-0.3, -0.25) is 0 Å². The van der Waals surface area contributed by atoms with E-state index in [-0.39, 0.29) is 0 Å². The van der Waals surface area contributed by atoms with Crippen molar-refractivity contribution in [2.45, 2.75) is 80.6 Å². The molecule has 2 heteroatoms. The Morgan fingerprint density at radius 3 is 2.17 bits per heavy atom. The molecule has 0 heterocycles. The first-order valence-electron chi connectivity index (χ1n) is 10.1. The van der Waals surface area contributed by atoms with E-state index in [0.717, 1.165) is 44.1 Å². The second-order valence-corrected chi connectivity index (χ2v) is 7.30. The Labute approximate surface area is 152 Å². The van der Waals surface area contributed by atoms with Crippen molar-refractivity contribution in [3.63, 3.8) is 0 Å². The van der Waals surface area contributed by atoms with E-state index in [1.807, 2.05) is 6.20 Å². The van der Waals surface area contributed by atoms with Crippen LogP contribution in [0.2, 0.25) is 0 Å². The Kier molecular flexibility index (Phi) is 12.7. The van der Waals surface area contributed by atoms with Crippen molar-refractivity contribution in [3.05, 3.63) is 24.4 Å². The van der Waals surface area contributed by atoms with Crippen LogP contribution in [0.3, 0.4) is 0 Å². The maximum absolute atomic E-state index is 4.87. The lowest BCUT2D eigenvalue weighted by Gasteiger charge is -2.29. The number of nitrogens with zero attached hydrogens (tertiary/aromatic N) is 2. The molecule has 0 bridgehead atoms. The summed E-state index contributed by atoms with van der Waals surface area (Å²) in [6.45, 7) is 22.3. The van der Waals surface area contributed by atoms with Crippen LogP contribution in [0.1, 0.15) is 80.6 Å². The molecule has 0 fully saturated rings. The number of hydrogen-bond donors (Lipinski definition) is 0. The third kappa shape index (κ3) is 8.70. The van der Waals surface area contributed by atoms with Crippen LogP contribution >= 0.6 is 0 Å². The Balaban J connectivity index is 5.37. The van der Waals surface area contributed by atoms with Crippen molar-refractivity contribution in [2.75, 3.05) is 13.1 Å². The van der Waals surface area contributed by atoms with Crippen molar-refractivity contribution >= 4 is 5.84 Å². The predicted octanol–water partition coefficient (Wildman–Crippen LogP) is 6.70. The summed E-state index contributed by atoms with van der Waals surface area (Å²) in [5.74, 6) is 2.92. The number of aliphatic imine (C=N–C) groups is 1. The first kappa shape index (κ1) is 22.9. The molecule has 0 saturated carbocycles. The first-order chi connectivity index (χ1) is 11.4. The molecule has 0 aromatic carbocycles. The summed E-state index contributed by atoms with van der Waals surface area (Å²) in [4.78, 5) is 7.33. The second-order valence-electron chi connectivity index (χ2n) is 7.30. The highest BCUT2D eigenvalue weighted by Gasteiger charge is 2.18. The molecular weight excluding hydrogens is 292 g/mol. The van der Waals surface area contributed by atoms with Crippen molar-refractivity contribution in [2.24, 2.45) is 22.7 Å². The molecular formula is C22H42N2. The summed E-state index contributed by atoms with van der Waals surface area (Å²) < 4.78 is 0. The zero-order valence-corrected chi connectivity index (χ0v) is 17.4. The number of amidine groups is 1. The summed E-state index contributed by atoms with van der Waals surface area (Å²) >= 11 is 0. The summed E-state index contributed by atoms with van der Waals surface area (Å²) in [6, 6.07) is 0. The fourth-order valence-corrected chi connectivity index (χ4v) is 2.40. The maximum Gasteiger partial charge on any atom is 0.131 e. The van der Waals surface area contributed by atoms with Crippen LogP contribution in [0.5, 0.6) is 0 Å². The average molecular weight is 335 g/mol. The first-order valence-corrected chi connectivity index (χ1v) is 10.1. The zero-order chi connectivity index (χ0) is 18.5. The minimum Gasteiger partial charge on any atom is -0.356 e. The minimum absolute atomic E-state index is 0.476. The van der Waals surface area contributed by atoms with E-state index in [0.29, 0.717) is 11.8 Å². The Morgan fingerprint density at radius 1 is 1.00 bits per heavy atom. The second kappa shape index (κ2) is 13.3. The van der Waals surface area contributed by atoms with Gasteiger partial charge in [0.2, 0.25) is 0 Å². The molecule has 0 saturated heterocycles. The molecule has 0 rings (SSSR count). The normalized spacial score (nSPS) is 16.2. The van der Waals surface area contributed by atoms with Crippen LogP contribution in [-0.2, 0) is 0 Å². The van der Waals surface area contributed by atoms with Crippen LogP contribution in [0, 0.1) is 17.8 Å². The van der Waals surface area contributed by atoms with E-state index in [2.05, 4.69) is 66.0 Å². The van der Waals surface area contributed by atoms with E-state index >= 15 is 0 Å². The van der Waals surface area contributed by atoms with Gasteiger partial charge in [-0.2, -0.15) is 0 Å². The third-order valence-electron chi connectivity index (χ3n) is 5.13. The van der Waals surface area contributed by atoms with Gasteiger partial charge in [0, 0.05) is 19.3 Å². The minimum atomic E-state index is 0.476. The van der Waals surface area contributed by atoms with Crippen LogP contribution in [0.15, 0.2) is 29.4 Å². The zero-order valence-electron chi connectivity index (χ0n) is 17.4. The molecule has 0 aliphatic carbocycles. The lowest BCUT2D eigenvalue weighted by atomic mass is 9.97. The molecule has 0 aliphatic rings. The summed E-state index contributed by atoms with van der Waals surface area (Å²) in [6.07, 6.45) is 10.1. The lowest BCUT2D eigenvalue weighted by molar-refractivity contribution is 0.364. The molecule has 0 aromatic rings. The molecule has 0 radical (unpaired) electrons. The van der Waals surface area contributed by atoms with Crippen molar-refractivity contribution in [1.29, 1.82) is 0 Å². The van der Waals surface area contributed by atoms with Gasteiger partial charge in [-0.25, -0.2) is 4.99 Å². The highest BCUT2D eigenvalue weighted by atomic mass is 15.2. The number of hydrogen-bond acceptors (Lipinski definition) is 1. The number of rotatable bonds is 12. The van der Waals surface area contributed by atoms with E-state index in [1.54, 1.807) is 0 Å². The molecule has 0 aromatic heterocycles. The fraction of sp³-hybridized carbons (Fsp3) is 0.773. The molecule has 24 heavy (non-hydrogen) atoms. The third-order valence-corrected chi connectivity index (χ3v) is 5.13. The van der Waals surface area contributed by atoms with E-state index < -0.39 is 0 Å². The van der Waals surface area contributed by atoms with Gasteiger partial charge < -0.3 is 4.90 Å². The maximum atomic E-state index is 4.87. The van der Waals surface area contributed by atoms with Crippen LogP contribution in [0.25, 0.3) is 0 Å². The molecule has 3 atom stereocenters. The van der Waals surface area contributed by atoms with Gasteiger partial charge in [0.05, 0.1) is 0 Å². The van der Waals surface area contributed by atoms with Gasteiger partial charge in [0.25, 0.3) is 0 Å². The predicted molar refractivity (Wildman–Crippen MR) is 111 cm³/mol. The topological polar surface area (TPSA) is 15.6 Å². The smallest absolute Gasteiger partial charge is 0.131 e. The average Bonchev–Trinajstić information content (AvgIpc) is 2.60. The standard InChI is InChI=1S/C22H42N2/c1-9-16-24(17-14-19(6)11-3)22(21(8)20(7)12-4)23-15-13-18(5)10-2/h13,15,18-20H,8-12,14,16-17H2,1-7H3/b15-13-,23-22+. The van der Waals surface area contributed by atoms with E-state index in [4.69, 9.17) is 4.99 Å². The Hall–Kier alpha value is -1.05. The fourth-order valence-electron chi connectivity index (χ4n) is 2.40. The molecule has 0 N–H and O–H groups in total. The highest BCUT2D eigenvalue weighted by molar-refractivity contribution is 5.98. The van der Waals surface area contributed by atoms with E-state index in [9.17, 15) is 0 Å². The monoisotopic (exact) mass is 334 g/mol. The highest BCUT2D eigenvalue weighted by Crippen LogP contribution is 2.19. The quantitative estimate of drug-likeness (QED) is 0.286. The van der Waals surface area contributed by atoms with Gasteiger partial charge in [-0.05, 0) is 42.6 Å². The molecule has 0 spiro atoms. The van der Waals surface area contributed by atoms with Gasteiger partial charge in [0.1, 0.15) is 5.84 Å². The van der Waals surface area contributed by atoms with E-state index in [1.165, 1.54) is 18.4 Å². The largest absolute Gasteiger partial charge is 0.356 e. The molecule has 0 aliphatic heterocycles. The van der Waals surface area contributed by atoms with Crippen molar-refractivity contribution in [1.82, 2.24) is 4.90 Å². The van der Waals surface area contributed by atoms with Crippen LogP contribution in [-0.4, -0.2) is 23.8 Å². The molecule has 140 valence electrons. The van der Waals surface area contributed by atoms with Gasteiger partial charge >= 0.3 is 0 Å². The van der Waals surface area contributed by atoms with Crippen LogP contribution in [0.4, 0.5) is 0 Å². The number of allylic oxidation sites excluding steroid dienone is 1. The summed E-state index contributed by atoms with van der Waals surface area (Å²) in [7, 11) is 0. The van der Waals surface area contributed by atoms with Crippen molar-refractivity contribution in [3.8, 4) is 0 Å². The Morgan fingerprint density at radius 2 is 1.67 bits per heavy atom. The van der Waals surface area contributed by atoms with Gasteiger partial charge in [-0.1, -0.05) is 74.0 Å². The van der Waals surface area contributed by atoms with Crippen molar-refractivity contribution < 1.29 is 0 Å². The van der Waals surface area contributed by atoms with Crippen LogP contribution < -0.4 is 0 Å². The van der Waals surface area contributed by atoms with Gasteiger partial charge in [-0.15, -0.1) is 0 Å². The molecule has 2 nitrogen and oxygen atoms in total. The lowest BCUT2D eigenvalue weighted by Crippen LogP contribution is -2.35. The summed E-state index contributed by atoms with van der Waals surface area (Å²) in [5.41, 5.74) is 1.18. The SMILES string of the molecule is C=C(/C(=N\C=C/C(C)CC)N(CCC)CCC(C)CC)C(C)CC.